The lowest BCUT2D eigenvalue weighted by Crippen LogP contribution is -2.10. The molecule has 0 radical (unpaired) electrons. The lowest BCUT2D eigenvalue weighted by atomic mass is 9.96. The molecule has 9 aromatic carbocycles. The molecule has 0 aliphatic heterocycles. The highest BCUT2D eigenvalue weighted by Crippen LogP contribution is 2.46. The third-order valence-electron chi connectivity index (χ3n) is 10.2. The molecular formula is C50H33NO. The van der Waals surface area contributed by atoms with Gasteiger partial charge in [-0.3, -0.25) is 0 Å². The van der Waals surface area contributed by atoms with Gasteiger partial charge in [0, 0.05) is 22.1 Å². The van der Waals surface area contributed by atoms with Crippen LogP contribution in [0, 0.1) is 0 Å². The van der Waals surface area contributed by atoms with Crippen LogP contribution in [-0.2, 0) is 0 Å². The Kier molecular flexibility index (Phi) is 7.18. The van der Waals surface area contributed by atoms with Crippen molar-refractivity contribution in [2.75, 3.05) is 4.90 Å². The monoisotopic (exact) mass is 663 g/mol. The first-order valence-electron chi connectivity index (χ1n) is 17.8. The topological polar surface area (TPSA) is 16.4 Å². The van der Waals surface area contributed by atoms with Crippen LogP contribution in [0.4, 0.5) is 17.1 Å². The predicted molar refractivity (Wildman–Crippen MR) is 220 cm³/mol. The number of hydrogen-bond acceptors (Lipinski definition) is 2. The molecule has 10 rings (SSSR count). The van der Waals surface area contributed by atoms with Crippen LogP contribution in [0.2, 0.25) is 0 Å². The van der Waals surface area contributed by atoms with Gasteiger partial charge in [0.2, 0.25) is 0 Å². The van der Waals surface area contributed by atoms with Gasteiger partial charge in [-0.2, -0.15) is 0 Å². The molecule has 0 saturated carbocycles. The molecule has 52 heavy (non-hydrogen) atoms. The summed E-state index contributed by atoms with van der Waals surface area (Å²) in [7, 11) is 0. The van der Waals surface area contributed by atoms with E-state index in [0.717, 1.165) is 55.5 Å². The minimum absolute atomic E-state index is 0.865. The van der Waals surface area contributed by atoms with Gasteiger partial charge in [-0.25, -0.2) is 0 Å². The maximum Gasteiger partial charge on any atom is 0.143 e. The first-order chi connectivity index (χ1) is 25.8. The van der Waals surface area contributed by atoms with Crippen LogP contribution in [0.25, 0.3) is 76.9 Å². The van der Waals surface area contributed by atoms with Gasteiger partial charge in [-0.05, 0) is 104 Å². The van der Waals surface area contributed by atoms with E-state index in [0.29, 0.717) is 0 Å². The van der Waals surface area contributed by atoms with Crippen molar-refractivity contribution < 1.29 is 4.42 Å². The first kappa shape index (κ1) is 30.0. The molecule has 0 N–H and O–H groups in total. The molecule has 0 spiro atoms. The molecule has 0 aliphatic rings. The van der Waals surface area contributed by atoms with Gasteiger partial charge in [0.1, 0.15) is 11.2 Å². The summed E-state index contributed by atoms with van der Waals surface area (Å²) < 4.78 is 6.70. The van der Waals surface area contributed by atoms with Gasteiger partial charge in [-0.1, -0.05) is 146 Å². The minimum atomic E-state index is 0.865. The zero-order valence-electron chi connectivity index (χ0n) is 28.4. The van der Waals surface area contributed by atoms with E-state index >= 15 is 0 Å². The van der Waals surface area contributed by atoms with E-state index in [-0.39, 0.29) is 0 Å². The minimum Gasteiger partial charge on any atom is -0.455 e. The summed E-state index contributed by atoms with van der Waals surface area (Å²) in [4.78, 5) is 2.40. The highest BCUT2D eigenvalue weighted by atomic mass is 16.3. The van der Waals surface area contributed by atoms with Gasteiger partial charge in [-0.15, -0.1) is 0 Å². The first-order valence-corrected chi connectivity index (χ1v) is 17.8. The van der Waals surface area contributed by atoms with Crippen LogP contribution in [0.1, 0.15) is 0 Å². The normalized spacial score (nSPS) is 11.5. The summed E-state index contributed by atoms with van der Waals surface area (Å²) in [6, 6.07) is 71.8. The van der Waals surface area contributed by atoms with Gasteiger partial charge in [0.15, 0.2) is 0 Å². The van der Waals surface area contributed by atoms with Crippen LogP contribution in [0.15, 0.2) is 205 Å². The molecule has 10 aromatic rings. The number of hydrogen-bond donors (Lipinski definition) is 0. The lowest BCUT2D eigenvalue weighted by Gasteiger charge is -2.28. The van der Waals surface area contributed by atoms with Crippen molar-refractivity contribution in [1.82, 2.24) is 0 Å². The summed E-state index contributed by atoms with van der Waals surface area (Å²) in [5.74, 6) is 0. The van der Waals surface area contributed by atoms with Crippen molar-refractivity contribution in [3.05, 3.63) is 200 Å². The Morgan fingerprint density at radius 3 is 1.65 bits per heavy atom. The fraction of sp³-hybridized carbons (Fsp3) is 0. The SMILES string of the molecule is c1ccc(-c2cc(-c3ccccc3)cc(N(c3ccc(-c4ccc5ccccc5c4)cc3)c3cccc4oc5c6ccccc6ccc5c34)c2)cc1. The number of nitrogens with zero attached hydrogens (tertiary/aromatic N) is 1. The molecule has 0 unspecified atom stereocenters. The molecule has 0 fully saturated rings. The highest BCUT2D eigenvalue weighted by molar-refractivity contribution is 6.19. The second-order valence-corrected chi connectivity index (χ2v) is 13.4. The molecule has 244 valence electrons. The van der Waals surface area contributed by atoms with Gasteiger partial charge >= 0.3 is 0 Å². The quantitative estimate of drug-likeness (QED) is 0.176. The van der Waals surface area contributed by atoms with Gasteiger partial charge in [0.25, 0.3) is 0 Å². The summed E-state index contributed by atoms with van der Waals surface area (Å²) in [6.07, 6.45) is 0. The predicted octanol–water partition coefficient (Wildman–Crippen LogP) is 14.4. The van der Waals surface area contributed by atoms with E-state index in [1.807, 2.05) is 0 Å². The van der Waals surface area contributed by atoms with Crippen LogP contribution >= 0.6 is 0 Å². The molecule has 0 amide bonds. The van der Waals surface area contributed by atoms with E-state index in [4.69, 9.17) is 4.42 Å². The molecule has 1 aromatic heterocycles. The fourth-order valence-electron chi connectivity index (χ4n) is 7.66. The average molecular weight is 664 g/mol. The Bertz CT molecular complexity index is 2830. The lowest BCUT2D eigenvalue weighted by molar-refractivity contribution is 0.672. The smallest absolute Gasteiger partial charge is 0.143 e. The van der Waals surface area contributed by atoms with Gasteiger partial charge < -0.3 is 9.32 Å². The van der Waals surface area contributed by atoms with E-state index < -0.39 is 0 Å². The molecule has 2 heteroatoms. The number of fused-ring (bicyclic) bond motifs is 6. The highest BCUT2D eigenvalue weighted by Gasteiger charge is 2.22. The number of anilines is 3. The second-order valence-electron chi connectivity index (χ2n) is 13.4. The molecule has 1 heterocycles. The Hall–Kier alpha value is -6.90. The Morgan fingerprint density at radius 2 is 0.923 bits per heavy atom. The third-order valence-corrected chi connectivity index (χ3v) is 10.2. The van der Waals surface area contributed by atoms with E-state index in [1.54, 1.807) is 0 Å². The van der Waals surface area contributed by atoms with Crippen LogP contribution < -0.4 is 4.90 Å². The summed E-state index contributed by atoms with van der Waals surface area (Å²) in [5.41, 5.74) is 12.0. The third kappa shape index (κ3) is 5.21. The zero-order chi connectivity index (χ0) is 34.4. The Balaban J connectivity index is 1.22. The number of furan rings is 1. The summed E-state index contributed by atoms with van der Waals surface area (Å²) >= 11 is 0. The molecule has 0 bridgehead atoms. The van der Waals surface area contributed by atoms with E-state index in [9.17, 15) is 0 Å². The van der Waals surface area contributed by atoms with Crippen LogP contribution in [-0.4, -0.2) is 0 Å². The Morgan fingerprint density at radius 1 is 0.327 bits per heavy atom. The Labute approximate surface area is 302 Å². The molecular weight excluding hydrogens is 631 g/mol. The number of rotatable bonds is 6. The van der Waals surface area contributed by atoms with Crippen molar-refractivity contribution in [1.29, 1.82) is 0 Å². The largest absolute Gasteiger partial charge is 0.455 e. The van der Waals surface area contributed by atoms with Crippen molar-refractivity contribution in [2.45, 2.75) is 0 Å². The van der Waals surface area contributed by atoms with E-state index in [1.165, 1.54) is 38.4 Å². The van der Waals surface area contributed by atoms with Crippen molar-refractivity contribution in [3.63, 3.8) is 0 Å². The maximum atomic E-state index is 6.70. The molecule has 0 saturated heterocycles. The average Bonchev–Trinajstić information content (AvgIpc) is 3.62. The van der Waals surface area contributed by atoms with Crippen molar-refractivity contribution in [2.24, 2.45) is 0 Å². The van der Waals surface area contributed by atoms with Crippen LogP contribution in [0.3, 0.4) is 0 Å². The molecule has 0 aliphatic carbocycles. The summed E-state index contributed by atoms with van der Waals surface area (Å²) in [5, 5.41) is 6.96. The molecule has 2 nitrogen and oxygen atoms in total. The molecule has 0 atom stereocenters. The van der Waals surface area contributed by atoms with Crippen molar-refractivity contribution in [3.8, 4) is 33.4 Å². The standard InChI is InChI=1S/C50H33NO/c1-3-12-34(13-4-1)41-31-42(35-14-5-2-6-15-35)33-44(32-41)51(43-27-24-37(25-28-43)40-23-22-36-16-7-8-18-39(36)30-40)47-20-11-21-48-49(47)46-29-26-38-17-9-10-19-45(38)50(46)52-48/h1-33H. The maximum absolute atomic E-state index is 6.70. The number of benzene rings is 9. The zero-order valence-corrected chi connectivity index (χ0v) is 28.4. The van der Waals surface area contributed by atoms with Crippen molar-refractivity contribution >= 4 is 60.5 Å². The fourth-order valence-corrected chi connectivity index (χ4v) is 7.66. The van der Waals surface area contributed by atoms with E-state index in [2.05, 4.69) is 205 Å². The summed E-state index contributed by atoms with van der Waals surface area (Å²) in [6.45, 7) is 0. The van der Waals surface area contributed by atoms with Crippen LogP contribution in [0.5, 0.6) is 0 Å². The second kappa shape index (κ2) is 12.5. The van der Waals surface area contributed by atoms with Gasteiger partial charge in [0.05, 0.1) is 11.1 Å².